The topological polar surface area (TPSA) is 54.4 Å². The van der Waals surface area contributed by atoms with Crippen molar-refractivity contribution in [3.05, 3.63) is 11.6 Å². The van der Waals surface area contributed by atoms with E-state index < -0.39 is 17.4 Å². The van der Waals surface area contributed by atoms with Gasteiger partial charge in [-0.25, -0.2) is 4.39 Å². The van der Waals surface area contributed by atoms with Crippen molar-refractivity contribution >= 4 is 11.6 Å². The molecular formula is C19H25FO3. The van der Waals surface area contributed by atoms with Gasteiger partial charge < -0.3 is 5.11 Å². The van der Waals surface area contributed by atoms with Crippen LogP contribution in [0.2, 0.25) is 0 Å². The third kappa shape index (κ3) is 1.90. The number of Topliss-reactive ketones (excluding diaryl/α,β-unsaturated/α-hetero) is 1. The number of carbonyl (C=O) groups excluding carboxylic acids is 2. The average Bonchev–Trinajstić information content (AvgIpc) is 2.78. The van der Waals surface area contributed by atoms with Gasteiger partial charge in [-0.3, -0.25) is 9.59 Å². The Labute approximate surface area is 136 Å². The van der Waals surface area contributed by atoms with Crippen LogP contribution in [0.1, 0.15) is 52.4 Å². The van der Waals surface area contributed by atoms with Crippen LogP contribution >= 0.6 is 0 Å². The summed E-state index contributed by atoms with van der Waals surface area (Å²) in [6.45, 7) is 4.15. The Hall–Kier alpha value is -1.03. The predicted molar refractivity (Wildman–Crippen MR) is 83.4 cm³/mol. The van der Waals surface area contributed by atoms with Crippen LogP contribution in [-0.2, 0) is 9.59 Å². The zero-order chi connectivity index (χ0) is 16.6. The van der Waals surface area contributed by atoms with Gasteiger partial charge in [0.25, 0.3) is 0 Å². The molecule has 4 aliphatic rings. The smallest absolute Gasteiger partial charge is 0.190 e. The molecule has 0 radical (unpaired) electrons. The van der Waals surface area contributed by atoms with E-state index in [0.29, 0.717) is 17.9 Å². The highest BCUT2D eigenvalue weighted by Gasteiger charge is 2.61. The molecule has 3 saturated carbocycles. The fourth-order valence-corrected chi connectivity index (χ4v) is 6.39. The molecule has 4 rings (SSSR count). The van der Waals surface area contributed by atoms with Crippen molar-refractivity contribution in [3.63, 3.8) is 0 Å². The number of rotatable bonds is 0. The standard InChI is InChI=1S/C19H25FO3/c1-18-6-5-12-10(11(18)3-4-17(18)23)7-15(21)13-8-16(22)14(20)9-19(12,13)2/h8,10-12,14,17,23H,3-7,9H2,1-2H3/t10-,11-,12-,14?,17-,18-,19+/m0/s1. The molecule has 0 aromatic carbocycles. The number of ketones is 2. The van der Waals surface area contributed by atoms with Gasteiger partial charge in [0.2, 0.25) is 0 Å². The number of fused-ring (bicyclic) bond motifs is 5. The summed E-state index contributed by atoms with van der Waals surface area (Å²) >= 11 is 0. The van der Waals surface area contributed by atoms with Crippen molar-refractivity contribution in [1.82, 2.24) is 0 Å². The zero-order valence-corrected chi connectivity index (χ0v) is 13.8. The maximum atomic E-state index is 14.1. The molecule has 1 unspecified atom stereocenters. The lowest BCUT2D eigenvalue weighted by Crippen LogP contribution is -2.54. The molecule has 4 aliphatic carbocycles. The van der Waals surface area contributed by atoms with E-state index in [2.05, 4.69) is 6.92 Å². The summed E-state index contributed by atoms with van der Waals surface area (Å²) in [5, 5.41) is 10.4. The van der Waals surface area contributed by atoms with Gasteiger partial charge in [-0.2, -0.15) is 0 Å². The molecule has 0 saturated heterocycles. The molecule has 23 heavy (non-hydrogen) atoms. The minimum Gasteiger partial charge on any atom is -0.393 e. The van der Waals surface area contributed by atoms with Crippen LogP contribution in [0.4, 0.5) is 4.39 Å². The minimum absolute atomic E-state index is 0.0274. The second kappa shape index (κ2) is 4.75. The van der Waals surface area contributed by atoms with Gasteiger partial charge in [-0.15, -0.1) is 0 Å². The number of aliphatic hydroxyl groups is 1. The molecule has 0 aliphatic heterocycles. The lowest BCUT2D eigenvalue weighted by Gasteiger charge is -2.57. The number of hydrogen-bond donors (Lipinski definition) is 1. The molecular weight excluding hydrogens is 295 g/mol. The molecule has 3 nitrogen and oxygen atoms in total. The fraction of sp³-hybridized carbons (Fsp3) is 0.789. The highest BCUT2D eigenvalue weighted by Crippen LogP contribution is 2.64. The summed E-state index contributed by atoms with van der Waals surface area (Å²) < 4.78 is 14.1. The zero-order valence-electron chi connectivity index (χ0n) is 13.8. The monoisotopic (exact) mass is 320 g/mol. The summed E-state index contributed by atoms with van der Waals surface area (Å²) in [6, 6.07) is 0. The van der Waals surface area contributed by atoms with Crippen molar-refractivity contribution in [3.8, 4) is 0 Å². The number of allylic oxidation sites excluding steroid dienone is 1. The first-order chi connectivity index (χ1) is 10.8. The van der Waals surface area contributed by atoms with E-state index in [1.54, 1.807) is 0 Å². The molecule has 4 heteroatoms. The van der Waals surface area contributed by atoms with Gasteiger partial charge in [0.05, 0.1) is 6.10 Å². The SMILES string of the molecule is C[C@]12CC[C@H]3[C@@H](CC(=O)C4=CC(=O)C(F)C[C@@]43C)[C@@H]1CC[C@@H]2O. The van der Waals surface area contributed by atoms with Crippen LogP contribution in [0.3, 0.4) is 0 Å². The first-order valence-electron chi connectivity index (χ1n) is 8.89. The van der Waals surface area contributed by atoms with Crippen LogP contribution < -0.4 is 0 Å². The molecule has 1 N–H and O–H groups in total. The van der Waals surface area contributed by atoms with Crippen molar-refractivity contribution in [2.24, 2.45) is 28.6 Å². The number of alkyl halides is 1. The predicted octanol–water partition coefficient (Wildman–Crippen LogP) is 3.01. The van der Waals surface area contributed by atoms with Gasteiger partial charge in [0.15, 0.2) is 17.7 Å². The van der Waals surface area contributed by atoms with Crippen LogP contribution in [0.25, 0.3) is 0 Å². The minimum atomic E-state index is -1.47. The summed E-state index contributed by atoms with van der Waals surface area (Å²) in [4.78, 5) is 24.4. The Bertz CT molecular complexity index is 612. The van der Waals surface area contributed by atoms with E-state index in [9.17, 15) is 19.1 Å². The Kier molecular flexibility index (Phi) is 3.20. The molecule has 126 valence electrons. The summed E-state index contributed by atoms with van der Waals surface area (Å²) in [7, 11) is 0. The van der Waals surface area contributed by atoms with E-state index in [4.69, 9.17) is 0 Å². The van der Waals surface area contributed by atoms with Crippen LogP contribution in [-0.4, -0.2) is 28.9 Å². The first-order valence-corrected chi connectivity index (χ1v) is 8.89. The number of carbonyl (C=O) groups is 2. The Morgan fingerprint density at radius 2 is 1.91 bits per heavy atom. The quantitative estimate of drug-likeness (QED) is 0.746. The summed E-state index contributed by atoms with van der Waals surface area (Å²) in [5.41, 5.74) is -0.0410. The van der Waals surface area contributed by atoms with E-state index in [-0.39, 0.29) is 35.6 Å². The maximum absolute atomic E-state index is 14.1. The second-order valence-corrected chi connectivity index (χ2v) is 8.69. The lowest BCUT2D eigenvalue weighted by molar-refractivity contribution is -0.135. The third-order valence-corrected chi connectivity index (χ3v) is 7.74. The third-order valence-electron chi connectivity index (χ3n) is 7.74. The van der Waals surface area contributed by atoms with Crippen LogP contribution in [0, 0.1) is 28.6 Å². The van der Waals surface area contributed by atoms with E-state index in [1.807, 2.05) is 6.92 Å². The Balaban J connectivity index is 1.75. The van der Waals surface area contributed by atoms with Gasteiger partial charge in [0, 0.05) is 17.4 Å². The van der Waals surface area contributed by atoms with Gasteiger partial charge in [-0.05, 0) is 61.3 Å². The van der Waals surface area contributed by atoms with Crippen molar-refractivity contribution in [2.45, 2.75) is 64.6 Å². The first kappa shape index (κ1) is 15.5. The van der Waals surface area contributed by atoms with Gasteiger partial charge in [-0.1, -0.05) is 13.8 Å². The number of aliphatic hydroxyl groups excluding tert-OH is 1. The normalized spacial score (nSPS) is 52.5. The fourth-order valence-electron chi connectivity index (χ4n) is 6.39. The van der Waals surface area contributed by atoms with Crippen molar-refractivity contribution in [2.75, 3.05) is 0 Å². The highest BCUT2D eigenvalue weighted by atomic mass is 19.1. The number of hydrogen-bond acceptors (Lipinski definition) is 3. The van der Waals surface area contributed by atoms with Gasteiger partial charge >= 0.3 is 0 Å². The summed E-state index contributed by atoms with van der Waals surface area (Å²) in [5.74, 6) is 0.303. The second-order valence-electron chi connectivity index (χ2n) is 8.69. The molecule has 0 aromatic rings. The molecule has 0 bridgehead atoms. The van der Waals surface area contributed by atoms with Crippen molar-refractivity contribution in [1.29, 1.82) is 0 Å². The van der Waals surface area contributed by atoms with Crippen LogP contribution in [0.5, 0.6) is 0 Å². The lowest BCUT2D eigenvalue weighted by atomic mass is 9.47. The molecule has 0 spiro atoms. The molecule has 3 fully saturated rings. The summed E-state index contributed by atoms with van der Waals surface area (Å²) in [6.07, 6.45) is 3.76. The van der Waals surface area contributed by atoms with E-state index in [1.165, 1.54) is 6.08 Å². The van der Waals surface area contributed by atoms with E-state index in [0.717, 1.165) is 25.7 Å². The highest BCUT2D eigenvalue weighted by molar-refractivity contribution is 6.07. The Morgan fingerprint density at radius 1 is 1.17 bits per heavy atom. The van der Waals surface area contributed by atoms with Crippen molar-refractivity contribution < 1.29 is 19.1 Å². The molecule has 0 amide bonds. The van der Waals surface area contributed by atoms with Crippen LogP contribution in [0.15, 0.2) is 11.6 Å². The number of halogens is 1. The molecule has 0 aromatic heterocycles. The van der Waals surface area contributed by atoms with E-state index >= 15 is 0 Å². The Morgan fingerprint density at radius 3 is 2.65 bits per heavy atom. The maximum Gasteiger partial charge on any atom is 0.190 e. The van der Waals surface area contributed by atoms with Gasteiger partial charge in [0.1, 0.15) is 0 Å². The largest absolute Gasteiger partial charge is 0.393 e. The molecule has 0 heterocycles. The average molecular weight is 320 g/mol. The molecule has 7 atom stereocenters.